The number of amidine groups is 2. The average Bonchev–Trinajstić information content (AvgIpc) is 3.95. The maximum absolute atomic E-state index is 6.72. The first-order valence-electron chi connectivity index (χ1n) is 20.5. The summed E-state index contributed by atoms with van der Waals surface area (Å²) in [5, 5.41) is 10.6. The Kier molecular flexibility index (Phi) is 7.49. The van der Waals surface area contributed by atoms with Crippen molar-refractivity contribution in [1.29, 1.82) is 0 Å². The van der Waals surface area contributed by atoms with Gasteiger partial charge in [0, 0.05) is 49.3 Å². The van der Waals surface area contributed by atoms with Crippen LogP contribution in [0.15, 0.2) is 164 Å². The van der Waals surface area contributed by atoms with Crippen LogP contribution in [0.5, 0.6) is 0 Å². The third kappa shape index (κ3) is 5.32. The van der Waals surface area contributed by atoms with Crippen LogP contribution in [-0.2, 0) is 0 Å². The molecule has 0 saturated heterocycles. The first-order valence-corrected chi connectivity index (χ1v) is 20.5. The summed E-state index contributed by atoms with van der Waals surface area (Å²) in [5.41, 5.74) is 11.4. The number of hydrogen-bond acceptors (Lipinski definition) is 5. The first-order chi connectivity index (χ1) is 28.6. The second-order valence-corrected chi connectivity index (χ2v) is 16.1. The molecule has 1 N–H and O–H groups in total. The molecular formula is C52H40N4O2. The molecule has 2 aliphatic carbocycles. The van der Waals surface area contributed by atoms with Crippen LogP contribution in [-0.4, -0.2) is 16.2 Å². The lowest BCUT2D eigenvalue weighted by molar-refractivity contribution is 0.527. The predicted octanol–water partition coefficient (Wildman–Crippen LogP) is 11.5. The summed E-state index contributed by atoms with van der Waals surface area (Å²) in [6.07, 6.45) is 10.7. The van der Waals surface area contributed by atoms with E-state index in [9.17, 15) is 0 Å². The SMILES string of the molecule is CC1C=CC(C2=NC(C3=c4oc5ccc(-c6ccc7c(c6)oc6ccc(-n8c9ccccc9c9ccccc98)cc67)cc5c4=CCC3)=NC(c3ccccc3)N2)CC1. The summed E-state index contributed by atoms with van der Waals surface area (Å²) in [4.78, 5) is 10.5. The second-order valence-electron chi connectivity index (χ2n) is 16.1. The summed E-state index contributed by atoms with van der Waals surface area (Å²) in [7, 11) is 0. The zero-order valence-electron chi connectivity index (χ0n) is 32.2. The molecule has 58 heavy (non-hydrogen) atoms. The fourth-order valence-corrected chi connectivity index (χ4v) is 9.48. The van der Waals surface area contributed by atoms with E-state index in [-0.39, 0.29) is 12.1 Å². The van der Waals surface area contributed by atoms with E-state index in [1.54, 1.807) is 0 Å². The zero-order chi connectivity index (χ0) is 38.3. The van der Waals surface area contributed by atoms with Crippen molar-refractivity contribution in [2.24, 2.45) is 21.8 Å². The number of aromatic nitrogens is 1. The summed E-state index contributed by atoms with van der Waals surface area (Å²) >= 11 is 0. The topological polar surface area (TPSA) is 68.0 Å². The maximum atomic E-state index is 6.72. The van der Waals surface area contributed by atoms with Gasteiger partial charge in [-0.1, -0.05) is 104 Å². The van der Waals surface area contributed by atoms with E-state index in [1.165, 1.54) is 21.8 Å². The zero-order valence-corrected chi connectivity index (χ0v) is 32.2. The molecule has 0 bridgehead atoms. The number of rotatable bonds is 5. The Morgan fingerprint density at radius 3 is 2.19 bits per heavy atom. The van der Waals surface area contributed by atoms with E-state index >= 15 is 0 Å². The number of fused-ring (bicyclic) bond motifs is 9. The number of aliphatic imine (C=N–C) groups is 2. The minimum Gasteiger partial charge on any atom is -0.456 e. The monoisotopic (exact) mass is 752 g/mol. The number of para-hydroxylation sites is 2. The van der Waals surface area contributed by atoms with Gasteiger partial charge in [0.05, 0.1) is 11.0 Å². The van der Waals surface area contributed by atoms with Gasteiger partial charge in [-0.05, 0) is 103 Å². The normalized spacial score (nSPS) is 19.4. The highest BCUT2D eigenvalue weighted by molar-refractivity contribution is 6.22. The smallest absolute Gasteiger partial charge is 0.158 e. The van der Waals surface area contributed by atoms with Crippen LogP contribution in [0.1, 0.15) is 44.3 Å². The van der Waals surface area contributed by atoms with Crippen LogP contribution in [0.2, 0.25) is 0 Å². The third-order valence-electron chi connectivity index (χ3n) is 12.5. The lowest BCUT2D eigenvalue weighted by Crippen LogP contribution is -2.39. The molecule has 0 radical (unpaired) electrons. The van der Waals surface area contributed by atoms with Crippen LogP contribution >= 0.6 is 0 Å². The third-order valence-corrected chi connectivity index (χ3v) is 12.5. The van der Waals surface area contributed by atoms with Crippen LogP contribution in [0, 0.1) is 11.8 Å². The molecule has 280 valence electrons. The molecule has 9 aromatic rings. The van der Waals surface area contributed by atoms with Gasteiger partial charge >= 0.3 is 0 Å². The molecule has 3 aromatic heterocycles. The van der Waals surface area contributed by atoms with Crippen molar-refractivity contribution in [3.63, 3.8) is 0 Å². The first kappa shape index (κ1) is 33.2. The minimum absolute atomic E-state index is 0.206. The molecule has 0 fully saturated rings. The predicted molar refractivity (Wildman–Crippen MR) is 238 cm³/mol. The average molecular weight is 753 g/mol. The van der Waals surface area contributed by atoms with Gasteiger partial charge in [0.1, 0.15) is 34.2 Å². The molecule has 3 aliphatic rings. The molecule has 0 spiro atoms. The van der Waals surface area contributed by atoms with Crippen molar-refractivity contribution in [3.8, 4) is 16.8 Å². The Bertz CT molecular complexity index is 3310. The highest BCUT2D eigenvalue weighted by atomic mass is 16.3. The van der Waals surface area contributed by atoms with E-state index in [0.717, 1.165) is 109 Å². The Hall–Kier alpha value is -6.92. The quantitative estimate of drug-likeness (QED) is 0.178. The summed E-state index contributed by atoms with van der Waals surface area (Å²) in [6.45, 7) is 2.28. The van der Waals surface area contributed by atoms with Gasteiger partial charge in [0.25, 0.3) is 0 Å². The minimum atomic E-state index is -0.206. The molecular weight excluding hydrogens is 713 g/mol. The number of nitrogens with one attached hydrogen (secondary N) is 1. The van der Waals surface area contributed by atoms with E-state index in [2.05, 4.69) is 168 Å². The molecule has 4 heterocycles. The van der Waals surface area contributed by atoms with Crippen molar-refractivity contribution in [2.75, 3.05) is 0 Å². The maximum Gasteiger partial charge on any atom is 0.158 e. The molecule has 6 aromatic carbocycles. The molecule has 3 unspecified atom stereocenters. The van der Waals surface area contributed by atoms with Gasteiger partial charge in [-0.3, -0.25) is 0 Å². The fraction of sp³-hybridized carbons (Fsp3) is 0.154. The molecule has 1 aliphatic heterocycles. The summed E-state index contributed by atoms with van der Waals surface area (Å²) in [5.74, 6) is 2.61. The molecule has 12 rings (SSSR count). The van der Waals surface area contributed by atoms with Crippen LogP contribution in [0.3, 0.4) is 0 Å². The highest BCUT2D eigenvalue weighted by Crippen LogP contribution is 2.37. The van der Waals surface area contributed by atoms with Gasteiger partial charge in [-0.2, -0.15) is 0 Å². The Morgan fingerprint density at radius 2 is 1.38 bits per heavy atom. The van der Waals surface area contributed by atoms with E-state index in [4.69, 9.17) is 18.8 Å². The number of allylic oxidation sites excluding steroid dienone is 1. The number of benzene rings is 6. The van der Waals surface area contributed by atoms with E-state index in [0.29, 0.717) is 5.92 Å². The second kappa shape index (κ2) is 13.1. The number of hydrogen-bond donors (Lipinski definition) is 1. The summed E-state index contributed by atoms with van der Waals surface area (Å²) < 4.78 is 15.6. The Balaban J connectivity index is 0.940. The Morgan fingerprint density at radius 1 is 0.638 bits per heavy atom. The lowest BCUT2D eigenvalue weighted by Gasteiger charge is -2.29. The van der Waals surface area contributed by atoms with Crippen LogP contribution < -0.4 is 16.0 Å². The molecule has 6 heteroatoms. The van der Waals surface area contributed by atoms with Crippen molar-refractivity contribution in [2.45, 2.75) is 38.8 Å². The van der Waals surface area contributed by atoms with Gasteiger partial charge < -0.3 is 18.7 Å². The number of furan rings is 2. The van der Waals surface area contributed by atoms with Crippen molar-refractivity contribution in [1.82, 2.24) is 9.88 Å². The fourth-order valence-electron chi connectivity index (χ4n) is 9.48. The lowest BCUT2D eigenvalue weighted by atomic mass is 9.88. The van der Waals surface area contributed by atoms with Crippen molar-refractivity contribution >= 4 is 78.0 Å². The Labute approximate surface area is 334 Å². The van der Waals surface area contributed by atoms with Crippen LogP contribution in [0.25, 0.3) is 83.2 Å². The van der Waals surface area contributed by atoms with E-state index < -0.39 is 0 Å². The van der Waals surface area contributed by atoms with Crippen molar-refractivity contribution in [3.05, 3.63) is 162 Å². The molecule has 0 amide bonds. The number of nitrogens with zero attached hydrogens (tertiary/aromatic N) is 3. The highest BCUT2D eigenvalue weighted by Gasteiger charge is 2.28. The standard InChI is InChI=1S/C52H40N4O2/c1-31-18-20-33(21-19-31)51-53-50(32-10-3-2-4-11-32)54-52(55-51)41-15-9-14-40-42-28-34(23-26-47(42)58-49(40)41)35-22-25-39-43-30-36(24-27-46(43)57-48(39)29-35)56-44-16-7-5-12-37(44)38-13-6-8-17-45(38)56/h2-8,10-14,16-18,20,22-31,33,50H,9,15,19,21H2,1H3,(H,53,54,55). The molecule has 3 atom stereocenters. The van der Waals surface area contributed by atoms with Crippen molar-refractivity contribution < 1.29 is 8.83 Å². The molecule has 6 nitrogen and oxygen atoms in total. The molecule has 0 saturated carbocycles. The largest absolute Gasteiger partial charge is 0.456 e. The van der Waals surface area contributed by atoms with E-state index in [1.807, 2.05) is 0 Å². The van der Waals surface area contributed by atoms with Crippen LogP contribution in [0.4, 0.5) is 0 Å². The summed E-state index contributed by atoms with van der Waals surface area (Å²) in [6, 6.07) is 47.4. The van der Waals surface area contributed by atoms with Gasteiger partial charge in [-0.25, -0.2) is 9.98 Å². The van der Waals surface area contributed by atoms with Gasteiger partial charge in [0.2, 0.25) is 0 Å². The van der Waals surface area contributed by atoms with Gasteiger partial charge in [0.15, 0.2) is 5.84 Å². The van der Waals surface area contributed by atoms with Gasteiger partial charge in [-0.15, -0.1) is 0 Å².